The molecule has 1 saturated heterocycles. The number of hydrogen-bond acceptors (Lipinski definition) is 3. The van der Waals surface area contributed by atoms with Crippen molar-refractivity contribution in [3.63, 3.8) is 0 Å². The number of halogens is 1. The standard InChI is InChI=1S/C15H19BrN2OS2/c1-9-6-10(16)7-11-12-8-15(2,19-13(9)11)18(4-5-21-3)14(20)17-12/h6-7,12H,4-5,8H2,1-3H3,(H,17,20). The number of nitrogens with one attached hydrogen (secondary N) is 1. The summed E-state index contributed by atoms with van der Waals surface area (Å²) in [6.45, 7) is 5.15. The van der Waals surface area contributed by atoms with Gasteiger partial charge in [-0.2, -0.15) is 11.8 Å². The highest BCUT2D eigenvalue weighted by Gasteiger charge is 2.47. The fourth-order valence-corrected chi connectivity index (χ4v) is 4.54. The first kappa shape index (κ1) is 15.4. The number of nitrogens with zero attached hydrogens (tertiary/aromatic N) is 1. The highest BCUT2D eigenvalue weighted by molar-refractivity contribution is 9.10. The zero-order valence-corrected chi connectivity index (χ0v) is 15.6. The number of ether oxygens (including phenoxy) is 1. The van der Waals surface area contributed by atoms with E-state index in [2.05, 4.69) is 58.4 Å². The molecule has 2 heterocycles. The van der Waals surface area contributed by atoms with E-state index < -0.39 is 0 Å². The SMILES string of the molecule is CSCCN1C(=S)NC2CC1(C)Oc1c(C)cc(Br)cc12. The summed E-state index contributed by atoms with van der Waals surface area (Å²) in [6.07, 6.45) is 3.02. The van der Waals surface area contributed by atoms with Crippen LogP contribution < -0.4 is 10.1 Å². The summed E-state index contributed by atoms with van der Waals surface area (Å²) in [7, 11) is 0. The third kappa shape index (κ3) is 2.66. The fourth-order valence-electron chi connectivity index (χ4n) is 3.16. The lowest BCUT2D eigenvalue weighted by atomic mass is 9.89. The predicted octanol–water partition coefficient (Wildman–Crippen LogP) is 3.85. The van der Waals surface area contributed by atoms with E-state index in [-0.39, 0.29) is 11.8 Å². The van der Waals surface area contributed by atoms with Crippen LogP contribution in [0.1, 0.15) is 30.5 Å². The van der Waals surface area contributed by atoms with E-state index in [0.717, 1.165) is 39.6 Å². The van der Waals surface area contributed by atoms with E-state index in [4.69, 9.17) is 17.0 Å². The van der Waals surface area contributed by atoms with Crippen molar-refractivity contribution in [3.05, 3.63) is 27.7 Å². The average Bonchev–Trinajstić information content (AvgIpc) is 2.40. The molecule has 0 saturated carbocycles. The molecule has 2 aliphatic rings. The molecular formula is C15H19BrN2OS2. The van der Waals surface area contributed by atoms with Crippen molar-refractivity contribution in [1.82, 2.24) is 10.2 Å². The Labute approximate surface area is 143 Å². The van der Waals surface area contributed by atoms with E-state index in [1.54, 1.807) is 0 Å². The topological polar surface area (TPSA) is 24.5 Å². The molecule has 1 aromatic rings. The zero-order chi connectivity index (χ0) is 15.2. The molecule has 0 aliphatic carbocycles. The molecule has 0 radical (unpaired) electrons. The van der Waals surface area contributed by atoms with Gasteiger partial charge in [0.05, 0.1) is 6.04 Å². The van der Waals surface area contributed by atoms with Gasteiger partial charge in [-0.25, -0.2) is 0 Å². The molecule has 2 atom stereocenters. The summed E-state index contributed by atoms with van der Waals surface area (Å²) < 4.78 is 7.51. The normalized spacial score (nSPS) is 27.0. The Hall–Kier alpha value is -0.460. The summed E-state index contributed by atoms with van der Waals surface area (Å²) in [5.74, 6) is 2.04. The minimum absolute atomic E-state index is 0.230. The molecule has 2 aliphatic heterocycles. The zero-order valence-electron chi connectivity index (χ0n) is 12.4. The number of hydrogen-bond donors (Lipinski definition) is 1. The van der Waals surface area contributed by atoms with Gasteiger partial charge >= 0.3 is 0 Å². The molecular weight excluding hydrogens is 368 g/mol. The maximum Gasteiger partial charge on any atom is 0.184 e. The Balaban J connectivity index is 2.01. The van der Waals surface area contributed by atoms with Crippen molar-refractivity contribution >= 4 is 45.0 Å². The first-order chi connectivity index (χ1) is 9.94. The van der Waals surface area contributed by atoms with Crippen molar-refractivity contribution in [2.75, 3.05) is 18.6 Å². The van der Waals surface area contributed by atoms with E-state index in [1.807, 2.05) is 11.8 Å². The smallest absolute Gasteiger partial charge is 0.184 e. The monoisotopic (exact) mass is 386 g/mol. The second-order valence-corrected chi connectivity index (χ2v) is 8.06. The van der Waals surface area contributed by atoms with Crippen molar-refractivity contribution < 1.29 is 4.74 Å². The Kier molecular flexibility index (Phi) is 4.14. The Morgan fingerprint density at radius 2 is 2.33 bits per heavy atom. The van der Waals surface area contributed by atoms with Crippen LogP contribution in [0.15, 0.2) is 16.6 Å². The minimum Gasteiger partial charge on any atom is -0.467 e. The summed E-state index contributed by atoms with van der Waals surface area (Å²) in [5, 5.41) is 4.29. The second kappa shape index (κ2) is 5.63. The van der Waals surface area contributed by atoms with Crippen molar-refractivity contribution in [3.8, 4) is 5.75 Å². The quantitative estimate of drug-likeness (QED) is 0.795. The van der Waals surface area contributed by atoms with Crippen molar-refractivity contribution in [2.24, 2.45) is 0 Å². The molecule has 0 aromatic heterocycles. The molecule has 0 spiro atoms. The molecule has 21 heavy (non-hydrogen) atoms. The lowest BCUT2D eigenvalue weighted by Crippen LogP contribution is -2.65. The van der Waals surface area contributed by atoms with Crippen LogP contribution in [0.3, 0.4) is 0 Å². The van der Waals surface area contributed by atoms with E-state index in [0.29, 0.717) is 0 Å². The maximum atomic E-state index is 6.42. The lowest BCUT2D eigenvalue weighted by molar-refractivity contribution is -0.0659. The number of thioether (sulfide) groups is 1. The van der Waals surface area contributed by atoms with Gasteiger partial charge in [-0.1, -0.05) is 15.9 Å². The number of aryl methyl sites for hydroxylation is 1. The molecule has 3 nitrogen and oxygen atoms in total. The Morgan fingerprint density at radius 3 is 3.05 bits per heavy atom. The van der Waals surface area contributed by atoms with Crippen molar-refractivity contribution in [1.29, 1.82) is 0 Å². The van der Waals surface area contributed by atoms with Gasteiger partial charge in [-0.05, 0) is 50.0 Å². The Bertz CT molecular complexity index is 595. The van der Waals surface area contributed by atoms with Crippen LogP contribution in [0.25, 0.3) is 0 Å². The van der Waals surface area contributed by atoms with Crippen LogP contribution >= 0.6 is 39.9 Å². The van der Waals surface area contributed by atoms with Crippen LogP contribution in [-0.4, -0.2) is 34.3 Å². The summed E-state index contributed by atoms with van der Waals surface area (Å²) in [4.78, 5) is 2.19. The van der Waals surface area contributed by atoms with E-state index in [1.165, 1.54) is 5.56 Å². The molecule has 0 amide bonds. The largest absolute Gasteiger partial charge is 0.467 e. The number of benzene rings is 1. The molecule has 6 heteroatoms. The molecule has 1 N–H and O–H groups in total. The van der Waals surface area contributed by atoms with Crippen molar-refractivity contribution in [2.45, 2.75) is 32.0 Å². The van der Waals surface area contributed by atoms with Gasteiger partial charge in [0, 0.05) is 28.8 Å². The van der Waals surface area contributed by atoms with Crippen LogP contribution in [0.4, 0.5) is 0 Å². The molecule has 2 unspecified atom stereocenters. The molecule has 2 bridgehead atoms. The van der Waals surface area contributed by atoms with Crippen LogP contribution in [0.2, 0.25) is 0 Å². The molecule has 114 valence electrons. The average molecular weight is 387 g/mol. The molecule has 1 aromatic carbocycles. The van der Waals surface area contributed by atoms with E-state index in [9.17, 15) is 0 Å². The predicted molar refractivity (Wildman–Crippen MR) is 96.1 cm³/mol. The third-order valence-electron chi connectivity index (χ3n) is 4.18. The van der Waals surface area contributed by atoms with Gasteiger partial charge in [0.1, 0.15) is 5.75 Å². The molecule has 1 fully saturated rings. The first-order valence-corrected chi connectivity index (χ1v) is 9.60. The third-order valence-corrected chi connectivity index (χ3v) is 5.57. The highest BCUT2D eigenvalue weighted by Crippen LogP contribution is 2.46. The second-order valence-electron chi connectivity index (χ2n) is 5.77. The lowest BCUT2D eigenvalue weighted by Gasteiger charge is -2.52. The first-order valence-electron chi connectivity index (χ1n) is 7.01. The van der Waals surface area contributed by atoms with E-state index >= 15 is 0 Å². The van der Waals surface area contributed by atoms with Gasteiger partial charge in [-0.15, -0.1) is 0 Å². The van der Waals surface area contributed by atoms with Crippen LogP contribution in [0, 0.1) is 6.92 Å². The number of fused-ring (bicyclic) bond motifs is 4. The maximum absolute atomic E-state index is 6.42. The van der Waals surface area contributed by atoms with Gasteiger partial charge in [0.2, 0.25) is 0 Å². The number of rotatable bonds is 3. The minimum atomic E-state index is -0.353. The molecule has 3 rings (SSSR count). The number of thiocarbonyl (C=S) groups is 1. The van der Waals surface area contributed by atoms with Gasteiger partial charge in [0.25, 0.3) is 0 Å². The van der Waals surface area contributed by atoms with Crippen LogP contribution in [-0.2, 0) is 0 Å². The van der Waals surface area contributed by atoms with Gasteiger partial charge in [0.15, 0.2) is 10.8 Å². The summed E-state index contributed by atoms with van der Waals surface area (Å²) in [6, 6.07) is 4.47. The fraction of sp³-hybridized carbons (Fsp3) is 0.533. The summed E-state index contributed by atoms with van der Waals surface area (Å²) >= 11 is 11.0. The Morgan fingerprint density at radius 1 is 1.57 bits per heavy atom. The van der Waals surface area contributed by atoms with Gasteiger partial charge < -0.3 is 15.0 Å². The van der Waals surface area contributed by atoms with Crippen LogP contribution in [0.5, 0.6) is 5.75 Å². The highest BCUT2D eigenvalue weighted by atomic mass is 79.9. The summed E-state index contributed by atoms with van der Waals surface area (Å²) in [5.41, 5.74) is 2.01. The van der Waals surface area contributed by atoms with Gasteiger partial charge in [-0.3, -0.25) is 0 Å².